The number of carbonyl (C=O) groups is 1. The second kappa shape index (κ2) is 6.76. The minimum Gasteiger partial charge on any atom is -0.370 e. The van der Waals surface area contributed by atoms with Crippen LogP contribution in [0.1, 0.15) is 19.8 Å². The molecule has 1 amide bonds. The Balaban J connectivity index is 2.02. The summed E-state index contributed by atoms with van der Waals surface area (Å²) in [6.45, 7) is 4.00. The molecule has 1 aromatic rings. The quantitative estimate of drug-likeness (QED) is 0.685. The molecule has 1 aliphatic heterocycles. The molecule has 1 N–H and O–H groups in total. The Kier molecular flexibility index (Phi) is 5.01. The highest BCUT2D eigenvalue weighted by Gasteiger charge is 2.26. The first-order valence-corrected chi connectivity index (χ1v) is 7.37. The van der Waals surface area contributed by atoms with Crippen LogP contribution in [0.25, 0.3) is 0 Å². The van der Waals surface area contributed by atoms with Gasteiger partial charge in [0.1, 0.15) is 0 Å². The summed E-state index contributed by atoms with van der Waals surface area (Å²) in [6, 6.07) is 4.50. The van der Waals surface area contributed by atoms with Gasteiger partial charge in [-0.25, -0.2) is 0 Å². The predicted octanol–water partition coefficient (Wildman–Crippen LogP) is 2.60. The zero-order chi connectivity index (χ0) is 15.4. The summed E-state index contributed by atoms with van der Waals surface area (Å²) in [4.78, 5) is 24.1. The van der Waals surface area contributed by atoms with Gasteiger partial charge < -0.3 is 10.2 Å². The molecule has 7 heteroatoms. The molecule has 0 spiro atoms. The van der Waals surface area contributed by atoms with Gasteiger partial charge in [-0.2, -0.15) is 0 Å². The molecule has 0 aromatic heterocycles. The van der Waals surface area contributed by atoms with E-state index in [0.717, 1.165) is 31.6 Å². The molecule has 1 heterocycles. The van der Waals surface area contributed by atoms with Crippen molar-refractivity contribution in [2.24, 2.45) is 5.92 Å². The molecule has 1 aliphatic rings. The Hall–Kier alpha value is -1.82. The van der Waals surface area contributed by atoms with Crippen molar-refractivity contribution in [3.8, 4) is 0 Å². The highest BCUT2D eigenvalue weighted by Crippen LogP contribution is 2.32. The summed E-state index contributed by atoms with van der Waals surface area (Å²) < 4.78 is 0. The first-order chi connectivity index (χ1) is 10.0. The molecule has 2 rings (SSSR count). The van der Waals surface area contributed by atoms with Crippen LogP contribution in [0.3, 0.4) is 0 Å². The van der Waals surface area contributed by atoms with E-state index in [0.29, 0.717) is 11.6 Å². The molecule has 0 saturated carbocycles. The van der Waals surface area contributed by atoms with Crippen LogP contribution >= 0.6 is 11.6 Å². The van der Waals surface area contributed by atoms with Crippen molar-refractivity contribution in [2.45, 2.75) is 19.8 Å². The fraction of sp³-hybridized carbons (Fsp3) is 0.500. The van der Waals surface area contributed by atoms with E-state index in [1.54, 1.807) is 6.07 Å². The molecule has 114 valence electrons. The summed E-state index contributed by atoms with van der Waals surface area (Å²) in [5, 5.41) is 13.9. The molecule has 0 aliphatic carbocycles. The molecule has 1 fully saturated rings. The maximum atomic E-state index is 11.8. The number of nitrogens with one attached hydrogen (secondary N) is 1. The lowest BCUT2D eigenvalue weighted by molar-refractivity contribution is -0.384. The van der Waals surface area contributed by atoms with Gasteiger partial charge in [-0.3, -0.25) is 14.9 Å². The highest BCUT2D eigenvalue weighted by atomic mass is 35.5. The third kappa shape index (κ3) is 3.64. The van der Waals surface area contributed by atoms with Gasteiger partial charge in [-0.15, -0.1) is 0 Å². The van der Waals surface area contributed by atoms with Gasteiger partial charge in [0.15, 0.2) is 0 Å². The standard InChI is InChI=1S/C14H18ClN3O3/c1-2-16-14(19)10-5-7-17(8-6-10)13-4-3-11(18(20)21)9-12(13)15/h3-4,9-10H,2,5-8H2,1H3,(H,16,19). The number of benzene rings is 1. The topological polar surface area (TPSA) is 75.5 Å². The van der Waals surface area contributed by atoms with E-state index in [1.165, 1.54) is 12.1 Å². The van der Waals surface area contributed by atoms with Crippen molar-refractivity contribution in [2.75, 3.05) is 24.5 Å². The molecule has 0 radical (unpaired) electrons. The summed E-state index contributed by atoms with van der Waals surface area (Å²) >= 11 is 6.13. The number of rotatable bonds is 4. The summed E-state index contributed by atoms with van der Waals surface area (Å²) in [6.07, 6.45) is 1.53. The number of nitro benzene ring substituents is 1. The summed E-state index contributed by atoms with van der Waals surface area (Å²) in [7, 11) is 0. The Morgan fingerprint density at radius 1 is 1.48 bits per heavy atom. The first kappa shape index (κ1) is 15.6. The molecule has 1 aromatic carbocycles. The van der Waals surface area contributed by atoms with Crippen LogP contribution in [0.5, 0.6) is 0 Å². The zero-order valence-corrected chi connectivity index (χ0v) is 12.6. The lowest BCUT2D eigenvalue weighted by atomic mass is 9.95. The van der Waals surface area contributed by atoms with Crippen molar-refractivity contribution in [1.82, 2.24) is 5.32 Å². The monoisotopic (exact) mass is 311 g/mol. The average molecular weight is 312 g/mol. The molecule has 0 atom stereocenters. The van der Waals surface area contributed by atoms with Gasteiger partial charge in [0.25, 0.3) is 5.69 Å². The van der Waals surface area contributed by atoms with Gasteiger partial charge in [-0.05, 0) is 25.8 Å². The van der Waals surface area contributed by atoms with Gasteiger partial charge >= 0.3 is 0 Å². The average Bonchev–Trinajstić information content (AvgIpc) is 2.47. The number of amides is 1. The number of anilines is 1. The summed E-state index contributed by atoms with van der Waals surface area (Å²) in [5.41, 5.74) is 0.776. The molecule has 1 saturated heterocycles. The largest absolute Gasteiger partial charge is 0.370 e. The lowest BCUT2D eigenvalue weighted by Gasteiger charge is -2.33. The normalized spacial score (nSPS) is 15.8. The van der Waals surface area contributed by atoms with Crippen molar-refractivity contribution in [3.63, 3.8) is 0 Å². The maximum Gasteiger partial charge on any atom is 0.271 e. The lowest BCUT2D eigenvalue weighted by Crippen LogP contribution is -2.40. The smallest absolute Gasteiger partial charge is 0.271 e. The minimum atomic E-state index is -0.461. The van der Waals surface area contributed by atoms with Crippen molar-refractivity contribution < 1.29 is 9.72 Å². The first-order valence-electron chi connectivity index (χ1n) is 6.99. The van der Waals surface area contributed by atoms with E-state index >= 15 is 0 Å². The number of hydrogen-bond donors (Lipinski definition) is 1. The van der Waals surface area contributed by atoms with Crippen molar-refractivity contribution in [1.29, 1.82) is 0 Å². The third-order valence-electron chi connectivity index (χ3n) is 3.70. The fourth-order valence-corrected chi connectivity index (χ4v) is 2.86. The van der Waals surface area contributed by atoms with Gasteiger partial charge in [0, 0.05) is 37.7 Å². The number of hydrogen-bond acceptors (Lipinski definition) is 4. The number of non-ortho nitro benzene ring substituents is 1. The van der Waals surface area contributed by atoms with Crippen molar-refractivity contribution in [3.05, 3.63) is 33.3 Å². The van der Waals surface area contributed by atoms with Gasteiger partial charge in [0.05, 0.1) is 15.6 Å². The minimum absolute atomic E-state index is 0.0130. The number of nitro groups is 1. The Morgan fingerprint density at radius 3 is 2.67 bits per heavy atom. The molecule has 21 heavy (non-hydrogen) atoms. The van der Waals surface area contributed by atoms with E-state index in [1.807, 2.05) is 6.92 Å². The van der Waals surface area contributed by atoms with Crippen LogP contribution in [-0.2, 0) is 4.79 Å². The molecular weight excluding hydrogens is 294 g/mol. The van der Waals surface area contributed by atoms with E-state index in [9.17, 15) is 14.9 Å². The SMILES string of the molecule is CCNC(=O)C1CCN(c2ccc([N+](=O)[O-])cc2Cl)CC1. The van der Waals surface area contributed by atoms with Gasteiger partial charge in [0.2, 0.25) is 5.91 Å². The van der Waals surface area contributed by atoms with Crippen LogP contribution in [0.15, 0.2) is 18.2 Å². The second-order valence-corrected chi connectivity index (χ2v) is 5.46. The van der Waals surface area contributed by atoms with Crippen LogP contribution in [-0.4, -0.2) is 30.5 Å². The van der Waals surface area contributed by atoms with Crippen LogP contribution < -0.4 is 10.2 Å². The predicted molar refractivity (Wildman–Crippen MR) is 81.7 cm³/mol. The van der Waals surface area contributed by atoms with E-state index in [2.05, 4.69) is 10.2 Å². The fourth-order valence-electron chi connectivity index (χ4n) is 2.57. The molecule has 0 bridgehead atoms. The number of nitrogens with zero attached hydrogens (tertiary/aromatic N) is 2. The van der Waals surface area contributed by atoms with E-state index in [4.69, 9.17) is 11.6 Å². The van der Waals surface area contributed by atoms with Crippen LogP contribution in [0.2, 0.25) is 5.02 Å². The number of carbonyl (C=O) groups excluding carboxylic acids is 1. The van der Waals surface area contributed by atoms with E-state index in [-0.39, 0.29) is 17.5 Å². The number of piperidine rings is 1. The summed E-state index contributed by atoms with van der Waals surface area (Å²) in [5.74, 6) is 0.143. The Morgan fingerprint density at radius 2 is 2.14 bits per heavy atom. The molecule has 6 nitrogen and oxygen atoms in total. The molecule has 0 unspecified atom stereocenters. The van der Waals surface area contributed by atoms with Crippen LogP contribution in [0.4, 0.5) is 11.4 Å². The Labute approximate surface area is 128 Å². The van der Waals surface area contributed by atoms with E-state index < -0.39 is 4.92 Å². The maximum absolute atomic E-state index is 11.8. The third-order valence-corrected chi connectivity index (χ3v) is 4.00. The second-order valence-electron chi connectivity index (χ2n) is 5.05. The van der Waals surface area contributed by atoms with Crippen molar-refractivity contribution >= 4 is 28.9 Å². The zero-order valence-electron chi connectivity index (χ0n) is 11.8. The van der Waals surface area contributed by atoms with Gasteiger partial charge in [-0.1, -0.05) is 11.6 Å². The number of halogens is 1. The van der Waals surface area contributed by atoms with Crippen LogP contribution in [0, 0.1) is 16.0 Å². The highest BCUT2D eigenvalue weighted by molar-refractivity contribution is 6.33. The Bertz CT molecular complexity index is 542. The molecular formula is C14H18ClN3O3.